The van der Waals surface area contributed by atoms with E-state index in [0.29, 0.717) is 17.3 Å². The van der Waals surface area contributed by atoms with Crippen LogP contribution in [0.5, 0.6) is 0 Å². The highest BCUT2D eigenvalue weighted by Crippen LogP contribution is 2.30. The fourth-order valence-corrected chi connectivity index (χ4v) is 2.84. The number of hydrogen-bond acceptors (Lipinski definition) is 4. The van der Waals surface area contributed by atoms with Crippen molar-refractivity contribution in [1.82, 2.24) is 0 Å². The molecule has 0 saturated heterocycles. The average molecular weight is 388 g/mol. The molecule has 1 aromatic heterocycles. The van der Waals surface area contributed by atoms with E-state index in [0.717, 1.165) is 16.5 Å². The number of amides is 1. The summed E-state index contributed by atoms with van der Waals surface area (Å²) in [6, 6.07) is 11.2. The maximum Gasteiger partial charge on any atom is 0.266 e. The van der Waals surface area contributed by atoms with Crippen LogP contribution >= 0.6 is 15.9 Å². The molecule has 24 heavy (non-hydrogen) atoms. The van der Waals surface area contributed by atoms with Crippen molar-refractivity contribution in [1.29, 1.82) is 5.26 Å². The van der Waals surface area contributed by atoms with Crippen molar-refractivity contribution >= 4 is 39.5 Å². The van der Waals surface area contributed by atoms with E-state index in [-0.39, 0.29) is 5.57 Å². The normalized spacial score (nSPS) is 11.0. The van der Waals surface area contributed by atoms with E-state index in [9.17, 15) is 10.1 Å². The van der Waals surface area contributed by atoms with Crippen LogP contribution in [0.4, 0.5) is 11.6 Å². The van der Waals surface area contributed by atoms with Crippen LogP contribution in [0.25, 0.3) is 6.08 Å². The van der Waals surface area contributed by atoms with Gasteiger partial charge in [-0.05, 0) is 34.0 Å². The molecule has 0 aliphatic carbocycles. The summed E-state index contributed by atoms with van der Waals surface area (Å²) in [4.78, 5) is 14.2. The van der Waals surface area contributed by atoms with Crippen molar-refractivity contribution in [2.75, 3.05) is 24.3 Å². The van der Waals surface area contributed by atoms with Crippen molar-refractivity contribution in [3.05, 3.63) is 51.7 Å². The van der Waals surface area contributed by atoms with Crippen LogP contribution in [0.3, 0.4) is 0 Å². The molecule has 0 spiro atoms. The number of rotatable bonds is 5. The molecule has 0 aliphatic rings. The summed E-state index contributed by atoms with van der Waals surface area (Å²) in [6.07, 6.45) is 2.22. The predicted octanol–water partition coefficient (Wildman–Crippen LogP) is 4.22. The van der Waals surface area contributed by atoms with Gasteiger partial charge in [0.2, 0.25) is 5.88 Å². The SMILES string of the molecule is CCc1ccccc1NC(=O)/C(C#N)=C\c1cc(Br)c(N(C)C)o1. The van der Waals surface area contributed by atoms with E-state index >= 15 is 0 Å². The van der Waals surface area contributed by atoms with E-state index in [2.05, 4.69) is 21.2 Å². The highest BCUT2D eigenvalue weighted by Gasteiger charge is 2.14. The fourth-order valence-electron chi connectivity index (χ4n) is 2.18. The summed E-state index contributed by atoms with van der Waals surface area (Å²) in [5.41, 5.74) is 1.70. The molecule has 0 bridgehead atoms. The maximum absolute atomic E-state index is 12.4. The zero-order valence-electron chi connectivity index (χ0n) is 13.8. The Labute approximate surface area is 149 Å². The summed E-state index contributed by atoms with van der Waals surface area (Å²) < 4.78 is 6.38. The molecule has 0 radical (unpaired) electrons. The minimum Gasteiger partial charge on any atom is -0.440 e. The Morgan fingerprint density at radius 3 is 2.71 bits per heavy atom. The van der Waals surface area contributed by atoms with Crippen LogP contribution in [0, 0.1) is 11.3 Å². The highest BCUT2D eigenvalue weighted by molar-refractivity contribution is 9.10. The number of carbonyl (C=O) groups is 1. The van der Waals surface area contributed by atoms with Gasteiger partial charge in [-0.25, -0.2) is 0 Å². The molecule has 1 N–H and O–H groups in total. The zero-order valence-corrected chi connectivity index (χ0v) is 15.3. The summed E-state index contributed by atoms with van der Waals surface area (Å²) in [5.74, 6) is 0.591. The number of para-hydroxylation sites is 1. The molecular weight excluding hydrogens is 370 g/mol. The monoisotopic (exact) mass is 387 g/mol. The van der Waals surface area contributed by atoms with Gasteiger partial charge >= 0.3 is 0 Å². The molecule has 6 heteroatoms. The minimum atomic E-state index is -0.461. The molecule has 2 rings (SSSR count). The number of anilines is 2. The van der Waals surface area contributed by atoms with Gasteiger partial charge in [0.05, 0.1) is 4.47 Å². The Morgan fingerprint density at radius 2 is 2.12 bits per heavy atom. The van der Waals surface area contributed by atoms with Crippen molar-refractivity contribution in [3.8, 4) is 6.07 Å². The fraction of sp³-hybridized carbons (Fsp3) is 0.222. The number of nitrogens with zero attached hydrogens (tertiary/aromatic N) is 2. The summed E-state index contributed by atoms with van der Waals surface area (Å²) >= 11 is 3.39. The second-order valence-corrected chi connectivity index (χ2v) is 6.19. The van der Waals surface area contributed by atoms with Gasteiger partial charge in [0.25, 0.3) is 5.91 Å². The smallest absolute Gasteiger partial charge is 0.266 e. The van der Waals surface area contributed by atoms with Crippen LogP contribution in [-0.4, -0.2) is 20.0 Å². The Kier molecular flexibility index (Phi) is 5.83. The first kappa shape index (κ1) is 17.8. The van der Waals surface area contributed by atoms with Gasteiger partial charge in [0.15, 0.2) is 0 Å². The lowest BCUT2D eigenvalue weighted by molar-refractivity contribution is -0.112. The van der Waals surface area contributed by atoms with Gasteiger partial charge in [0, 0.05) is 31.9 Å². The summed E-state index contributed by atoms with van der Waals surface area (Å²) in [6.45, 7) is 2.01. The number of aryl methyl sites for hydroxylation is 1. The number of carbonyl (C=O) groups excluding carboxylic acids is 1. The third kappa shape index (κ3) is 4.06. The summed E-state index contributed by atoms with van der Waals surface area (Å²) in [5, 5.41) is 12.1. The number of nitriles is 1. The maximum atomic E-state index is 12.4. The summed E-state index contributed by atoms with van der Waals surface area (Å²) in [7, 11) is 3.69. The largest absolute Gasteiger partial charge is 0.440 e. The number of benzene rings is 1. The average Bonchev–Trinajstić information content (AvgIpc) is 2.93. The molecule has 1 amide bonds. The van der Waals surface area contributed by atoms with E-state index in [1.54, 1.807) is 11.0 Å². The molecule has 1 heterocycles. The number of halogens is 1. The third-order valence-corrected chi connectivity index (χ3v) is 3.96. The van der Waals surface area contributed by atoms with Gasteiger partial charge in [-0.1, -0.05) is 25.1 Å². The van der Waals surface area contributed by atoms with E-state index < -0.39 is 5.91 Å². The molecule has 1 aromatic carbocycles. The topological polar surface area (TPSA) is 69.3 Å². The lowest BCUT2D eigenvalue weighted by atomic mass is 10.1. The molecule has 0 unspecified atom stereocenters. The van der Waals surface area contributed by atoms with E-state index in [4.69, 9.17) is 4.42 Å². The quantitative estimate of drug-likeness (QED) is 0.615. The van der Waals surface area contributed by atoms with Crippen LogP contribution in [0.1, 0.15) is 18.2 Å². The highest BCUT2D eigenvalue weighted by atomic mass is 79.9. The lowest BCUT2D eigenvalue weighted by Crippen LogP contribution is -2.14. The first-order valence-electron chi connectivity index (χ1n) is 7.44. The Bertz CT molecular complexity index is 816. The zero-order chi connectivity index (χ0) is 17.7. The van der Waals surface area contributed by atoms with Gasteiger partial charge in [-0.3, -0.25) is 4.79 Å². The van der Waals surface area contributed by atoms with Crippen molar-refractivity contribution in [2.24, 2.45) is 0 Å². The molecule has 0 atom stereocenters. The Morgan fingerprint density at radius 1 is 1.42 bits per heavy atom. The standard InChI is InChI=1S/C18H18BrN3O2/c1-4-12-7-5-6-8-16(12)21-17(23)13(11-20)9-14-10-15(19)18(24-14)22(2)3/h5-10H,4H2,1-3H3,(H,21,23)/b13-9-. The second-order valence-electron chi connectivity index (χ2n) is 5.33. The molecule has 124 valence electrons. The third-order valence-electron chi connectivity index (χ3n) is 3.39. The van der Waals surface area contributed by atoms with Crippen molar-refractivity contribution < 1.29 is 9.21 Å². The van der Waals surface area contributed by atoms with E-state index in [1.165, 1.54) is 6.08 Å². The van der Waals surface area contributed by atoms with Gasteiger partial charge < -0.3 is 14.6 Å². The van der Waals surface area contributed by atoms with Crippen molar-refractivity contribution in [2.45, 2.75) is 13.3 Å². The number of furan rings is 1. The number of nitrogens with one attached hydrogen (secondary N) is 1. The van der Waals surface area contributed by atoms with Gasteiger partial charge in [-0.2, -0.15) is 5.26 Å². The molecule has 0 aliphatic heterocycles. The van der Waals surface area contributed by atoms with Crippen LogP contribution in [0.15, 0.2) is 44.8 Å². The molecule has 2 aromatic rings. The van der Waals surface area contributed by atoms with Gasteiger partial charge in [0.1, 0.15) is 17.4 Å². The minimum absolute atomic E-state index is 0.0209. The molecule has 5 nitrogen and oxygen atoms in total. The second kappa shape index (κ2) is 7.84. The van der Waals surface area contributed by atoms with E-state index in [1.807, 2.05) is 51.4 Å². The van der Waals surface area contributed by atoms with Crippen molar-refractivity contribution in [3.63, 3.8) is 0 Å². The molecular formula is C18H18BrN3O2. The first-order chi connectivity index (χ1) is 11.5. The van der Waals surface area contributed by atoms with Gasteiger partial charge in [-0.15, -0.1) is 0 Å². The molecule has 0 saturated carbocycles. The lowest BCUT2D eigenvalue weighted by Gasteiger charge is -2.09. The predicted molar refractivity (Wildman–Crippen MR) is 98.8 cm³/mol. The van der Waals surface area contributed by atoms with Crippen LogP contribution < -0.4 is 10.2 Å². The Hall–Kier alpha value is -2.52. The van der Waals surface area contributed by atoms with Crippen LogP contribution in [0.2, 0.25) is 0 Å². The Balaban J connectivity index is 2.26. The first-order valence-corrected chi connectivity index (χ1v) is 8.23. The van der Waals surface area contributed by atoms with Crippen LogP contribution in [-0.2, 0) is 11.2 Å². The molecule has 0 fully saturated rings. The number of hydrogen-bond donors (Lipinski definition) is 1.